The molecule has 25 heavy (non-hydrogen) atoms. The summed E-state index contributed by atoms with van der Waals surface area (Å²) < 4.78 is 0. The molecule has 1 amide bonds. The summed E-state index contributed by atoms with van der Waals surface area (Å²) in [4.78, 5) is 23.5. The van der Waals surface area contributed by atoms with Gasteiger partial charge in [0, 0.05) is 16.8 Å². The molecular formula is C20H16N2O3. The van der Waals surface area contributed by atoms with Crippen molar-refractivity contribution in [3.8, 4) is 11.1 Å². The topological polar surface area (TPSA) is 72.2 Å². The molecule has 0 radical (unpaired) electrons. The van der Waals surface area contributed by atoms with Crippen LogP contribution in [0.4, 0.5) is 11.4 Å². The number of carbonyl (C=O) groups is 1. The largest absolute Gasteiger partial charge is 0.321 e. The van der Waals surface area contributed by atoms with E-state index in [0.717, 1.165) is 11.1 Å². The normalized spacial score (nSPS) is 10.3. The molecule has 124 valence electrons. The number of anilines is 1. The molecule has 0 saturated heterocycles. The standard InChI is InChI=1S/C20H16N2O3/c1-14-8-7-12-17(19(14)22(24)25)20(23)21-18-13-6-5-11-16(18)15-9-3-2-4-10-15/h2-13H,1H3,(H,21,23). The third-order valence-electron chi connectivity index (χ3n) is 3.93. The van der Waals surface area contributed by atoms with Gasteiger partial charge in [0.2, 0.25) is 0 Å². The lowest BCUT2D eigenvalue weighted by molar-refractivity contribution is -0.385. The van der Waals surface area contributed by atoms with Gasteiger partial charge in [-0.25, -0.2) is 0 Å². The summed E-state index contributed by atoms with van der Waals surface area (Å²) in [5.41, 5.74) is 2.75. The summed E-state index contributed by atoms with van der Waals surface area (Å²) in [6.45, 7) is 1.62. The fourth-order valence-electron chi connectivity index (χ4n) is 2.74. The first-order valence-corrected chi connectivity index (χ1v) is 7.77. The first-order chi connectivity index (χ1) is 12.1. The average molecular weight is 332 g/mol. The van der Waals surface area contributed by atoms with Gasteiger partial charge in [0.1, 0.15) is 5.56 Å². The zero-order valence-corrected chi connectivity index (χ0v) is 13.6. The van der Waals surface area contributed by atoms with E-state index >= 15 is 0 Å². The van der Waals surface area contributed by atoms with E-state index in [9.17, 15) is 14.9 Å². The van der Waals surface area contributed by atoms with Gasteiger partial charge in [-0.15, -0.1) is 0 Å². The van der Waals surface area contributed by atoms with Crippen molar-refractivity contribution in [2.75, 3.05) is 5.32 Å². The highest BCUT2D eigenvalue weighted by atomic mass is 16.6. The maximum absolute atomic E-state index is 12.7. The molecule has 3 aromatic rings. The molecule has 0 aliphatic rings. The van der Waals surface area contributed by atoms with E-state index in [1.807, 2.05) is 48.5 Å². The molecular weight excluding hydrogens is 316 g/mol. The van der Waals surface area contributed by atoms with Crippen LogP contribution in [0.2, 0.25) is 0 Å². The first-order valence-electron chi connectivity index (χ1n) is 7.77. The van der Waals surface area contributed by atoms with Crippen LogP contribution in [0.3, 0.4) is 0 Å². The lowest BCUT2D eigenvalue weighted by atomic mass is 10.0. The minimum atomic E-state index is -0.520. The highest BCUT2D eigenvalue weighted by Gasteiger charge is 2.23. The van der Waals surface area contributed by atoms with Crippen LogP contribution in [0.5, 0.6) is 0 Å². The van der Waals surface area contributed by atoms with Crippen molar-refractivity contribution < 1.29 is 9.72 Å². The molecule has 0 unspecified atom stereocenters. The van der Waals surface area contributed by atoms with Gasteiger partial charge in [-0.2, -0.15) is 0 Å². The van der Waals surface area contributed by atoms with Gasteiger partial charge in [-0.3, -0.25) is 14.9 Å². The minimum Gasteiger partial charge on any atom is -0.321 e. The summed E-state index contributed by atoms with van der Waals surface area (Å²) in [6.07, 6.45) is 0. The van der Waals surface area contributed by atoms with E-state index in [1.54, 1.807) is 25.1 Å². The van der Waals surface area contributed by atoms with Gasteiger partial charge in [-0.05, 0) is 24.6 Å². The van der Waals surface area contributed by atoms with Crippen LogP contribution in [0.25, 0.3) is 11.1 Å². The maximum atomic E-state index is 12.7. The Balaban J connectivity index is 1.99. The Hall–Kier alpha value is -3.47. The highest BCUT2D eigenvalue weighted by molar-refractivity contribution is 6.09. The fourth-order valence-corrected chi connectivity index (χ4v) is 2.74. The third-order valence-corrected chi connectivity index (χ3v) is 3.93. The molecule has 0 aromatic heterocycles. The molecule has 5 nitrogen and oxygen atoms in total. The molecule has 3 rings (SSSR count). The Morgan fingerprint density at radius 1 is 0.920 bits per heavy atom. The van der Waals surface area contributed by atoms with Crippen LogP contribution >= 0.6 is 0 Å². The smallest absolute Gasteiger partial charge is 0.285 e. The van der Waals surface area contributed by atoms with Gasteiger partial charge >= 0.3 is 0 Å². The van der Waals surface area contributed by atoms with E-state index in [0.29, 0.717) is 11.3 Å². The van der Waals surface area contributed by atoms with Crippen LogP contribution in [0.15, 0.2) is 72.8 Å². The van der Waals surface area contributed by atoms with Crippen molar-refractivity contribution in [2.24, 2.45) is 0 Å². The number of benzene rings is 3. The molecule has 0 spiro atoms. The Morgan fingerprint density at radius 3 is 2.32 bits per heavy atom. The average Bonchev–Trinajstić information content (AvgIpc) is 2.62. The molecule has 0 saturated carbocycles. The summed E-state index contributed by atoms with van der Waals surface area (Å²) in [5, 5.41) is 14.1. The molecule has 0 aliphatic carbocycles. The van der Waals surface area contributed by atoms with Crippen molar-refractivity contribution in [2.45, 2.75) is 6.92 Å². The van der Waals surface area contributed by atoms with Gasteiger partial charge in [0.05, 0.1) is 4.92 Å². The Morgan fingerprint density at radius 2 is 1.60 bits per heavy atom. The van der Waals surface area contributed by atoms with Gasteiger partial charge in [-0.1, -0.05) is 60.7 Å². The molecule has 0 bridgehead atoms. The fraction of sp³-hybridized carbons (Fsp3) is 0.0500. The van der Waals surface area contributed by atoms with Crippen LogP contribution in [-0.4, -0.2) is 10.8 Å². The molecule has 0 fully saturated rings. The van der Waals surface area contributed by atoms with E-state index in [1.165, 1.54) is 6.07 Å². The highest BCUT2D eigenvalue weighted by Crippen LogP contribution is 2.29. The number of carbonyl (C=O) groups excluding carboxylic acids is 1. The van der Waals surface area contributed by atoms with Crippen molar-refractivity contribution >= 4 is 17.3 Å². The molecule has 0 atom stereocenters. The number of para-hydroxylation sites is 2. The van der Waals surface area contributed by atoms with E-state index < -0.39 is 10.8 Å². The number of nitro groups is 1. The number of hydrogen-bond acceptors (Lipinski definition) is 3. The molecule has 5 heteroatoms. The number of hydrogen-bond donors (Lipinski definition) is 1. The van der Waals surface area contributed by atoms with E-state index in [2.05, 4.69) is 5.32 Å². The summed E-state index contributed by atoms with van der Waals surface area (Å²) in [7, 11) is 0. The number of nitrogens with zero attached hydrogens (tertiary/aromatic N) is 1. The lowest BCUT2D eigenvalue weighted by Crippen LogP contribution is -2.15. The Kier molecular flexibility index (Phi) is 4.57. The van der Waals surface area contributed by atoms with Crippen molar-refractivity contribution in [1.29, 1.82) is 0 Å². The van der Waals surface area contributed by atoms with Gasteiger partial charge in [0.25, 0.3) is 11.6 Å². The summed E-state index contributed by atoms with van der Waals surface area (Å²) in [6, 6.07) is 21.7. The monoisotopic (exact) mass is 332 g/mol. The Bertz CT molecular complexity index is 937. The van der Waals surface area contributed by atoms with Gasteiger partial charge in [0.15, 0.2) is 0 Å². The second-order valence-corrected chi connectivity index (χ2v) is 5.59. The Labute approximate surface area is 145 Å². The number of nitrogens with one attached hydrogen (secondary N) is 1. The van der Waals surface area contributed by atoms with E-state index in [-0.39, 0.29) is 11.3 Å². The molecule has 0 aliphatic heterocycles. The minimum absolute atomic E-state index is 0.0489. The van der Waals surface area contributed by atoms with E-state index in [4.69, 9.17) is 0 Å². The molecule has 3 aromatic carbocycles. The zero-order valence-electron chi connectivity index (χ0n) is 13.6. The number of aryl methyl sites for hydroxylation is 1. The molecule has 0 heterocycles. The quantitative estimate of drug-likeness (QED) is 0.550. The first kappa shape index (κ1) is 16.4. The second-order valence-electron chi connectivity index (χ2n) is 5.59. The second kappa shape index (κ2) is 6.97. The number of rotatable bonds is 4. The zero-order chi connectivity index (χ0) is 17.8. The van der Waals surface area contributed by atoms with Crippen LogP contribution < -0.4 is 5.32 Å². The third kappa shape index (κ3) is 3.40. The summed E-state index contributed by atoms with van der Waals surface area (Å²) in [5.74, 6) is -0.501. The van der Waals surface area contributed by atoms with Crippen molar-refractivity contribution in [3.63, 3.8) is 0 Å². The predicted molar refractivity (Wildman–Crippen MR) is 97.7 cm³/mol. The summed E-state index contributed by atoms with van der Waals surface area (Å²) >= 11 is 0. The maximum Gasteiger partial charge on any atom is 0.285 e. The van der Waals surface area contributed by atoms with Crippen LogP contribution in [0, 0.1) is 17.0 Å². The van der Waals surface area contributed by atoms with Crippen molar-refractivity contribution in [1.82, 2.24) is 0 Å². The molecule has 1 N–H and O–H groups in total. The number of amides is 1. The van der Waals surface area contributed by atoms with Crippen LogP contribution in [0.1, 0.15) is 15.9 Å². The van der Waals surface area contributed by atoms with Crippen molar-refractivity contribution in [3.05, 3.63) is 94.0 Å². The lowest BCUT2D eigenvalue weighted by Gasteiger charge is -2.12. The number of nitro benzene ring substituents is 1. The van der Waals surface area contributed by atoms with Gasteiger partial charge < -0.3 is 5.32 Å². The van der Waals surface area contributed by atoms with Crippen LogP contribution in [-0.2, 0) is 0 Å². The predicted octanol–water partition coefficient (Wildman–Crippen LogP) is 4.82. The SMILES string of the molecule is Cc1cccc(C(=O)Nc2ccccc2-c2ccccc2)c1[N+](=O)[O-].